The maximum atomic E-state index is 9.42. The molecule has 0 saturated carbocycles. The summed E-state index contributed by atoms with van der Waals surface area (Å²) in [4.78, 5) is 0. The van der Waals surface area contributed by atoms with Crippen molar-refractivity contribution in [2.24, 2.45) is 0 Å². The van der Waals surface area contributed by atoms with Crippen LogP contribution >= 0.6 is 0 Å². The molecular weight excluding hydrogens is 266 g/mol. The van der Waals surface area contributed by atoms with Gasteiger partial charge in [-0.2, -0.15) is 0 Å². The van der Waals surface area contributed by atoms with E-state index in [1.54, 1.807) is 7.11 Å². The Kier molecular flexibility index (Phi) is 4.31. The molecule has 5 nitrogen and oxygen atoms in total. The van der Waals surface area contributed by atoms with Gasteiger partial charge < -0.3 is 14.4 Å². The number of benzene rings is 1. The van der Waals surface area contributed by atoms with Crippen LogP contribution < -0.4 is 0 Å². The van der Waals surface area contributed by atoms with Gasteiger partial charge in [-0.1, -0.05) is 24.3 Å². The Bertz CT molecular complexity index is 609. The summed E-state index contributed by atoms with van der Waals surface area (Å²) in [5, 5.41) is 17.9. The van der Waals surface area contributed by atoms with E-state index in [9.17, 15) is 5.11 Å². The largest absolute Gasteiger partial charge is 0.388 e. The van der Waals surface area contributed by atoms with Crippen molar-refractivity contribution >= 4 is 0 Å². The number of aromatic nitrogens is 3. The minimum atomic E-state index is -0.0833. The third-order valence-electron chi connectivity index (χ3n) is 4.23. The summed E-state index contributed by atoms with van der Waals surface area (Å²) in [5.41, 5.74) is 2.85. The van der Waals surface area contributed by atoms with Gasteiger partial charge in [-0.05, 0) is 30.4 Å². The first kappa shape index (κ1) is 14.2. The fourth-order valence-electron chi connectivity index (χ4n) is 3.11. The van der Waals surface area contributed by atoms with Crippen LogP contribution in [0.25, 0.3) is 0 Å². The second-order valence-corrected chi connectivity index (χ2v) is 5.49. The number of nitrogens with zero attached hydrogens (tertiary/aromatic N) is 3. The first-order valence-electron chi connectivity index (χ1n) is 7.42. The van der Waals surface area contributed by atoms with Crippen molar-refractivity contribution < 1.29 is 9.84 Å². The number of hydrogen-bond donors (Lipinski definition) is 1. The van der Waals surface area contributed by atoms with Gasteiger partial charge in [-0.25, -0.2) is 0 Å². The van der Waals surface area contributed by atoms with Crippen LogP contribution in [0.1, 0.15) is 35.1 Å². The molecule has 1 aromatic heterocycles. The molecule has 1 aliphatic carbocycles. The van der Waals surface area contributed by atoms with Crippen LogP contribution in [0.15, 0.2) is 24.3 Å². The van der Waals surface area contributed by atoms with Gasteiger partial charge >= 0.3 is 0 Å². The van der Waals surface area contributed by atoms with Gasteiger partial charge in [0.1, 0.15) is 12.4 Å². The molecule has 1 aromatic carbocycles. The number of rotatable bonds is 5. The molecule has 1 aliphatic rings. The van der Waals surface area contributed by atoms with Crippen molar-refractivity contribution in [3.05, 3.63) is 47.0 Å². The summed E-state index contributed by atoms with van der Waals surface area (Å²) in [7, 11) is 1.68. The lowest BCUT2D eigenvalue weighted by Gasteiger charge is -2.24. The summed E-state index contributed by atoms with van der Waals surface area (Å²) < 4.78 is 7.17. The van der Waals surface area contributed by atoms with Gasteiger partial charge in [-0.3, -0.25) is 0 Å². The molecule has 1 atom stereocenters. The van der Waals surface area contributed by atoms with E-state index in [1.807, 2.05) is 4.57 Å². The van der Waals surface area contributed by atoms with E-state index in [0.29, 0.717) is 24.9 Å². The van der Waals surface area contributed by atoms with Gasteiger partial charge in [-0.15, -0.1) is 10.2 Å². The summed E-state index contributed by atoms with van der Waals surface area (Å²) in [6.07, 6.45) is 3.15. The Morgan fingerprint density at radius 3 is 2.86 bits per heavy atom. The summed E-state index contributed by atoms with van der Waals surface area (Å²) >= 11 is 0. The fraction of sp³-hybridized carbons (Fsp3) is 0.500. The molecule has 0 bridgehead atoms. The molecule has 3 rings (SSSR count). The van der Waals surface area contributed by atoms with Gasteiger partial charge in [0.25, 0.3) is 0 Å². The van der Waals surface area contributed by atoms with Crippen LogP contribution in [0, 0.1) is 0 Å². The highest BCUT2D eigenvalue weighted by atomic mass is 16.5. The minimum absolute atomic E-state index is 0.0833. The highest BCUT2D eigenvalue weighted by Crippen LogP contribution is 2.32. The highest BCUT2D eigenvalue weighted by molar-refractivity contribution is 5.31. The van der Waals surface area contributed by atoms with E-state index in [-0.39, 0.29) is 6.61 Å². The lowest BCUT2D eigenvalue weighted by atomic mass is 9.83. The molecule has 1 N–H and O–H groups in total. The van der Waals surface area contributed by atoms with Crippen LogP contribution in [0.3, 0.4) is 0 Å². The molecule has 112 valence electrons. The van der Waals surface area contributed by atoms with E-state index in [0.717, 1.165) is 25.1 Å². The Morgan fingerprint density at radius 1 is 1.29 bits per heavy atom. The second-order valence-electron chi connectivity index (χ2n) is 5.49. The summed E-state index contributed by atoms with van der Waals surface area (Å²) in [5.74, 6) is 1.97. The van der Waals surface area contributed by atoms with Crippen molar-refractivity contribution in [3.63, 3.8) is 0 Å². The van der Waals surface area contributed by atoms with E-state index < -0.39 is 0 Å². The van der Waals surface area contributed by atoms with Crippen molar-refractivity contribution in [3.8, 4) is 0 Å². The predicted molar refractivity (Wildman–Crippen MR) is 79.0 cm³/mol. The van der Waals surface area contributed by atoms with Crippen LogP contribution in [-0.4, -0.2) is 33.6 Å². The first-order valence-corrected chi connectivity index (χ1v) is 7.42. The smallest absolute Gasteiger partial charge is 0.158 e. The van der Waals surface area contributed by atoms with Crippen molar-refractivity contribution in [2.75, 3.05) is 13.7 Å². The standard InChI is InChI=1S/C16H21N3O2/c1-21-9-8-19-15(11-20)17-18-16(19)14-7-6-12-4-2-3-5-13(12)10-14/h2-5,14,20H,6-11H2,1H3. The molecule has 2 aromatic rings. The normalized spacial score (nSPS) is 17.7. The molecule has 0 radical (unpaired) electrons. The van der Waals surface area contributed by atoms with Gasteiger partial charge in [0.15, 0.2) is 5.82 Å². The van der Waals surface area contributed by atoms with Crippen molar-refractivity contribution in [1.29, 1.82) is 0 Å². The predicted octanol–water partition coefficient (Wildman–Crippen LogP) is 1.69. The Hall–Kier alpha value is -1.72. The SMILES string of the molecule is COCCn1c(CO)nnc1C1CCc2ccccc2C1. The number of ether oxygens (including phenoxy) is 1. The van der Waals surface area contributed by atoms with Crippen LogP contribution in [0.2, 0.25) is 0 Å². The second kappa shape index (κ2) is 6.37. The number of aryl methyl sites for hydroxylation is 1. The lowest BCUT2D eigenvalue weighted by molar-refractivity contribution is 0.181. The van der Waals surface area contributed by atoms with Crippen LogP contribution in [0.5, 0.6) is 0 Å². The third-order valence-corrected chi connectivity index (χ3v) is 4.23. The van der Waals surface area contributed by atoms with E-state index >= 15 is 0 Å². The first-order chi connectivity index (χ1) is 10.3. The summed E-state index contributed by atoms with van der Waals surface area (Å²) in [6, 6.07) is 8.60. The summed E-state index contributed by atoms with van der Waals surface area (Å²) in [6.45, 7) is 1.20. The molecule has 5 heteroatoms. The minimum Gasteiger partial charge on any atom is -0.388 e. The zero-order valence-corrected chi connectivity index (χ0v) is 12.3. The van der Waals surface area contributed by atoms with Gasteiger partial charge in [0.2, 0.25) is 0 Å². The number of hydrogen-bond acceptors (Lipinski definition) is 4. The molecular formula is C16H21N3O2. The monoisotopic (exact) mass is 287 g/mol. The van der Waals surface area contributed by atoms with Gasteiger partial charge in [0.05, 0.1) is 6.61 Å². The average Bonchev–Trinajstić information content (AvgIpc) is 2.95. The molecule has 0 saturated heterocycles. The zero-order chi connectivity index (χ0) is 14.7. The number of aliphatic hydroxyl groups excluding tert-OH is 1. The molecule has 1 heterocycles. The highest BCUT2D eigenvalue weighted by Gasteiger charge is 2.25. The van der Waals surface area contributed by atoms with Crippen molar-refractivity contribution in [1.82, 2.24) is 14.8 Å². The van der Waals surface area contributed by atoms with Crippen LogP contribution in [-0.2, 0) is 30.7 Å². The van der Waals surface area contributed by atoms with E-state index in [4.69, 9.17) is 4.74 Å². The number of methoxy groups -OCH3 is 1. The third kappa shape index (κ3) is 2.84. The average molecular weight is 287 g/mol. The maximum absolute atomic E-state index is 9.42. The number of aliphatic hydroxyl groups is 1. The fourth-order valence-corrected chi connectivity index (χ4v) is 3.11. The van der Waals surface area contributed by atoms with Gasteiger partial charge in [0, 0.05) is 19.6 Å². The molecule has 21 heavy (non-hydrogen) atoms. The molecule has 0 fully saturated rings. The van der Waals surface area contributed by atoms with E-state index in [2.05, 4.69) is 34.5 Å². The Balaban J connectivity index is 1.86. The quantitative estimate of drug-likeness (QED) is 0.909. The topological polar surface area (TPSA) is 60.2 Å². The van der Waals surface area contributed by atoms with Crippen molar-refractivity contribution in [2.45, 2.75) is 38.3 Å². The van der Waals surface area contributed by atoms with E-state index in [1.165, 1.54) is 11.1 Å². The molecule has 0 aliphatic heterocycles. The molecule has 0 spiro atoms. The molecule has 1 unspecified atom stereocenters. The molecule has 0 amide bonds. The zero-order valence-electron chi connectivity index (χ0n) is 12.3. The maximum Gasteiger partial charge on any atom is 0.158 e. The Labute approximate surface area is 124 Å². The van der Waals surface area contributed by atoms with Crippen LogP contribution in [0.4, 0.5) is 0 Å². The Morgan fingerprint density at radius 2 is 2.10 bits per heavy atom. The number of fused-ring (bicyclic) bond motifs is 1. The lowest BCUT2D eigenvalue weighted by Crippen LogP contribution is -2.19.